The molecule has 0 aromatic heterocycles. The van der Waals surface area contributed by atoms with Gasteiger partial charge >= 0.3 is 0 Å². The van der Waals surface area contributed by atoms with Crippen molar-refractivity contribution in [1.82, 2.24) is 10.2 Å². The smallest absolute Gasteiger partial charge is 0.161 e. The van der Waals surface area contributed by atoms with E-state index in [1.54, 1.807) is 0 Å². The summed E-state index contributed by atoms with van der Waals surface area (Å²) < 4.78 is 11.4. The Labute approximate surface area is 121 Å². The number of hydrogen-bond acceptors (Lipinski definition) is 4. The summed E-state index contributed by atoms with van der Waals surface area (Å²) in [6.45, 7) is 9.21. The average molecular weight is 276 g/mol. The monoisotopic (exact) mass is 276 g/mol. The van der Waals surface area contributed by atoms with E-state index in [1.807, 2.05) is 0 Å². The first-order valence-corrected chi connectivity index (χ1v) is 7.71. The van der Waals surface area contributed by atoms with Crippen LogP contribution in [0.4, 0.5) is 0 Å². The van der Waals surface area contributed by atoms with Gasteiger partial charge in [0.25, 0.3) is 0 Å². The van der Waals surface area contributed by atoms with E-state index in [1.165, 1.54) is 11.1 Å². The number of nitrogens with zero attached hydrogens (tertiary/aromatic N) is 1. The molecule has 1 N–H and O–H groups in total. The molecule has 3 rings (SSSR count). The summed E-state index contributed by atoms with van der Waals surface area (Å²) in [5, 5.41) is 3.40. The van der Waals surface area contributed by atoms with Gasteiger partial charge in [-0.25, -0.2) is 0 Å². The zero-order valence-electron chi connectivity index (χ0n) is 12.3. The number of fused-ring (bicyclic) bond motifs is 1. The lowest BCUT2D eigenvalue weighted by molar-refractivity contribution is 0.171. The Hall–Kier alpha value is -1.26. The first-order valence-electron chi connectivity index (χ1n) is 7.71. The molecule has 1 aromatic rings. The number of aryl methyl sites for hydroxylation is 1. The molecule has 2 aliphatic rings. The molecule has 0 radical (unpaired) electrons. The van der Waals surface area contributed by atoms with E-state index in [9.17, 15) is 0 Å². The molecule has 1 fully saturated rings. The lowest BCUT2D eigenvalue weighted by Gasteiger charge is -2.28. The average Bonchev–Trinajstić information content (AvgIpc) is 2.53. The van der Waals surface area contributed by atoms with E-state index >= 15 is 0 Å². The van der Waals surface area contributed by atoms with Gasteiger partial charge in [0.1, 0.15) is 13.2 Å². The largest absolute Gasteiger partial charge is 0.486 e. The number of hydrogen-bond donors (Lipinski definition) is 1. The second kappa shape index (κ2) is 6.46. The third kappa shape index (κ3) is 3.07. The van der Waals surface area contributed by atoms with Crippen LogP contribution in [0.1, 0.15) is 18.1 Å². The zero-order valence-corrected chi connectivity index (χ0v) is 12.3. The van der Waals surface area contributed by atoms with Crippen molar-refractivity contribution in [3.05, 3.63) is 23.3 Å². The SMILES string of the molecule is CCc1cc2c(cc1CCN1CCNCC1)OCCO2. The third-order valence-corrected chi connectivity index (χ3v) is 4.15. The molecule has 4 heteroatoms. The maximum Gasteiger partial charge on any atom is 0.161 e. The third-order valence-electron chi connectivity index (χ3n) is 4.15. The van der Waals surface area contributed by atoms with Crippen molar-refractivity contribution in [2.45, 2.75) is 19.8 Å². The molecule has 0 spiro atoms. The number of rotatable bonds is 4. The van der Waals surface area contributed by atoms with Gasteiger partial charge in [-0.3, -0.25) is 0 Å². The maximum absolute atomic E-state index is 5.71. The van der Waals surface area contributed by atoms with Gasteiger partial charge < -0.3 is 19.7 Å². The molecule has 0 atom stereocenters. The van der Waals surface area contributed by atoms with Crippen LogP contribution in [0.25, 0.3) is 0 Å². The Balaban J connectivity index is 1.70. The van der Waals surface area contributed by atoms with Gasteiger partial charge in [-0.2, -0.15) is 0 Å². The van der Waals surface area contributed by atoms with Crippen molar-refractivity contribution in [3.63, 3.8) is 0 Å². The van der Waals surface area contributed by atoms with Crippen molar-refractivity contribution in [2.24, 2.45) is 0 Å². The van der Waals surface area contributed by atoms with Crippen LogP contribution < -0.4 is 14.8 Å². The lowest BCUT2D eigenvalue weighted by atomic mass is 10.0. The Morgan fingerprint density at radius 2 is 1.70 bits per heavy atom. The normalized spacial score (nSPS) is 19.1. The van der Waals surface area contributed by atoms with Gasteiger partial charge in [0.2, 0.25) is 0 Å². The molecule has 20 heavy (non-hydrogen) atoms. The van der Waals surface area contributed by atoms with Crippen LogP contribution in [-0.2, 0) is 12.8 Å². The summed E-state index contributed by atoms with van der Waals surface area (Å²) >= 11 is 0. The molecule has 110 valence electrons. The van der Waals surface area contributed by atoms with Crippen LogP contribution in [0.2, 0.25) is 0 Å². The van der Waals surface area contributed by atoms with E-state index < -0.39 is 0 Å². The molecule has 2 heterocycles. The molecule has 0 saturated carbocycles. The Morgan fingerprint density at radius 3 is 2.35 bits per heavy atom. The van der Waals surface area contributed by atoms with Crippen LogP contribution in [0.5, 0.6) is 11.5 Å². The Morgan fingerprint density at radius 1 is 1.05 bits per heavy atom. The van der Waals surface area contributed by atoms with E-state index in [-0.39, 0.29) is 0 Å². The van der Waals surface area contributed by atoms with Crippen molar-refractivity contribution in [1.29, 1.82) is 0 Å². The molecular weight excluding hydrogens is 252 g/mol. The predicted octanol–water partition coefficient (Wildman–Crippen LogP) is 1.47. The highest BCUT2D eigenvalue weighted by atomic mass is 16.6. The van der Waals surface area contributed by atoms with Crippen LogP contribution in [-0.4, -0.2) is 50.8 Å². The highest BCUT2D eigenvalue weighted by molar-refractivity contribution is 5.48. The van der Waals surface area contributed by atoms with Gasteiger partial charge in [0.05, 0.1) is 0 Å². The minimum atomic E-state index is 0.662. The molecule has 1 aromatic carbocycles. The molecule has 4 nitrogen and oxygen atoms in total. The summed E-state index contributed by atoms with van der Waals surface area (Å²) in [5.41, 5.74) is 2.81. The predicted molar refractivity (Wildman–Crippen MR) is 79.8 cm³/mol. The van der Waals surface area contributed by atoms with Gasteiger partial charge in [-0.1, -0.05) is 6.92 Å². The number of ether oxygens (including phenoxy) is 2. The molecule has 0 unspecified atom stereocenters. The van der Waals surface area contributed by atoms with Crippen molar-refractivity contribution in [3.8, 4) is 11.5 Å². The zero-order chi connectivity index (χ0) is 13.8. The number of piperazine rings is 1. The van der Waals surface area contributed by atoms with Crippen LogP contribution in [0, 0.1) is 0 Å². The van der Waals surface area contributed by atoms with Crippen molar-refractivity contribution < 1.29 is 9.47 Å². The quantitative estimate of drug-likeness (QED) is 0.903. The summed E-state index contributed by atoms with van der Waals surface area (Å²) in [5.74, 6) is 1.84. The van der Waals surface area contributed by atoms with Crippen LogP contribution in [0.3, 0.4) is 0 Å². The first kappa shape index (κ1) is 13.7. The van der Waals surface area contributed by atoms with Crippen molar-refractivity contribution in [2.75, 3.05) is 45.9 Å². The topological polar surface area (TPSA) is 33.7 Å². The summed E-state index contributed by atoms with van der Waals surface area (Å²) in [6.07, 6.45) is 2.15. The van der Waals surface area contributed by atoms with Gasteiger partial charge in [0.15, 0.2) is 11.5 Å². The molecule has 0 amide bonds. The minimum absolute atomic E-state index is 0.662. The van der Waals surface area contributed by atoms with E-state index in [2.05, 4.69) is 29.3 Å². The van der Waals surface area contributed by atoms with E-state index in [0.29, 0.717) is 13.2 Å². The first-order chi connectivity index (χ1) is 9.86. The minimum Gasteiger partial charge on any atom is -0.486 e. The highest BCUT2D eigenvalue weighted by Crippen LogP contribution is 2.33. The van der Waals surface area contributed by atoms with E-state index in [4.69, 9.17) is 9.47 Å². The summed E-state index contributed by atoms with van der Waals surface area (Å²) in [6, 6.07) is 4.36. The molecular formula is C16H24N2O2. The maximum atomic E-state index is 5.71. The second-order valence-corrected chi connectivity index (χ2v) is 5.46. The number of nitrogens with one attached hydrogen (secondary N) is 1. The van der Waals surface area contributed by atoms with Gasteiger partial charge in [-0.15, -0.1) is 0 Å². The Kier molecular flexibility index (Phi) is 4.43. The molecule has 1 saturated heterocycles. The fourth-order valence-corrected chi connectivity index (χ4v) is 2.95. The van der Waals surface area contributed by atoms with Gasteiger partial charge in [-0.05, 0) is 36.1 Å². The summed E-state index contributed by atoms with van der Waals surface area (Å²) in [7, 11) is 0. The number of benzene rings is 1. The van der Waals surface area contributed by atoms with E-state index in [0.717, 1.165) is 57.1 Å². The fourth-order valence-electron chi connectivity index (χ4n) is 2.95. The second-order valence-electron chi connectivity index (χ2n) is 5.46. The highest BCUT2D eigenvalue weighted by Gasteiger charge is 2.16. The van der Waals surface area contributed by atoms with Crippen LogP contribution in [0.15, 0.2) is 12.1 Å². The molecule has 0 bridgehead atoms. The lowest BCUT2D eigenvalue weighted by Crippen LogP contribution is -2.44. The fraction of sp³-hybridized carbons (Fsp3) is 0.625. The summed E-state index contributed by atoms with van der Waals surface area (Å²) in [4.78, 5) is 2.53. The molecule has 0 aliphatic carbocycles. The van der Waals surface area contributed by atoms with Crippen molar-refractivity contribution >= 4 is 0 Å². The van der Waals surface area contributed by atoms with Crippen LogP contribution >= 0.6 is 0 Å². The molecule has 2 aliphatic heterocycles. The standard InChI is InChI=1S/C16H24N2O2/c1-2-13-11-15-16(20-10-9-19-15)12-14(13)3-6-18-7-4-17-5-8-18/h11-12,17H,2-10H2,1H3. The Bertz CT molecular complexity index is 456. The van der Waals surface area contributed by atoms with Gasteiger partial charge in [0, 0.05) is 32.7 Å².